The minimum atomic E-state index is -0.669. The summed E-state index contributed by atoms with van der Waals surface area (Å²) in [5, 5.41) is 2.38. The summed E-state index contributed by atoms with van der Waals surface area (Å²) in [6.45, 7) is 1.81. The van der Waals surface area contributed by atoms with E-state index in [1.54, 1.807) is 0 Å². The molecule has 0 spiro atoms. The van der Waals surface area contributed by atoms with E-state index >= 15 is 0 Å². The average molecular weight is 235 g/mol. The van der Waals surface area contributed by atoms with Gasteiger partial charge in [0, 0.05) is 0 Å². The Morgan fingerprint density at radius 3 is 2.41 bits per heavy atom. The average Bonchev–Trinajstić information content (AvgIpc) is 2.28. The molecule has 1 aromatic carbocycles. The van der Waals surface area contributed by atoms with Crippen LogP contribution < -0.4 is 16.8 Å². The molecule has 0 heterocycles. The number of carbonyl (C=O) groups excluding carboxylic acids is 2. The summed E-state index contributed by atoms with van der Waals surface area (Å²) in [4.78, 5) is 22.0. The highest BCUT2D eigenvalue weighted by Crippen LogP contribution is 2.05. The van der Waals surface area contributed by atoms with E-state index in [9.17, 15) is 9.59 Å². The fourth-order valence-electron chi connectivity index (χ4n) is 1.38. The molecule has 5 nitrogen and oxygen atoms in total. The van der Waals surface area contributed by atoms with Gasteiger partial charge >= 0.3 is 0 Å². The molecule has 0 aliphatic heterocycles. The first-order chi connectivity index (χ1) is 7.99. The summed E-state index contributed by atoms with van der Waals surface area (Å²) in [7, 11) is 0. The topological polar surface area (TPSA) is 98.2 Å². The van der Waals surface area contributed by atoms with E-state index in [0.717, 1.165) is 11.1 Å². The molecule has 0 saturated heterocycles. The van der Waals surface area contributed by atoms with Crippen LogP contribution in [0.15, 0.2) is 24.3 Å². The van der Waals surface area contributed by atoms with Gasteiger partial charge in [-0.25, -0.2) is 0 Å². The van der Waals surface area contributed by atoms with Gasteiger partial charge in [0.15, 0.2) is 0 Å². The SMILES string of the molecule is Cc1ccc(C[C@@H](N)C(=O)NCC(N)=O)cc1. The molecule has 0 aliphatic carbocycles. The highest BCUT2D eigenvalue weighted by atomic mass is 16.2. The van der Waals surface area contributed by atoms with E-state index in [-0.39, 0.29) is 12.5 Å². The molecule has 0 radical (unpaired) electrons. The summed E-state index contributed by atoms with van der Waals surface area (Å²) < 4.78 is 0. The number of aryl methyl sites for hydroxylation is 1. The molecule has 0 aliphatic rings. The number of nitrogens with one attached hydrogen (secondary N) is 1. The van der Waals surface area contributed by atoms with Crippen molar-refractivity contribution in [2.75, 3.05) is 6.54 Å². The summed E-state index contributed by atoms with van der Waals surface area (Å²) in [5.74, 6) is -0.953. The summed E-state index contributed by atoms with van der Waals surface area (Å²) >= 11 is 0. The van der Waals surface area contributed by atoms with Crippen LogP contribution in [-0.2, 0) is 16.0 Å². The van der Waals surface area contributed by atoms with Gasteiger partial charge in [0.2, 0.25) is 11.8 Å². The largest absolute Gasteiger partial charge is 0.368 e. The van der Waals surface area contributed by atoms with E-state index in [1.807, 2.05) is 31.2 Å². The van der Waals surface area contributed by atoms with Crippen LogP contribution in [-0.4, -0.2) is 24.4 Å². The first-order valence-electron chi connectivity index (χ1n) is 5.36. The van der Waals surface area contributed by atoms with Crippen LogP contribution in [0.5, 0.6) is 0 Å². The maximum absolute atomic E-state index is 11.5. The Bertz CT molecular complexity index is 401. The highest BCUT2D eigenvalue weighted by Gasteiger charge is 2.13. The first kappa shape index (κ1) is 13.2. The Hall–Kier alpha value is -1.88. The number of carbonyl (C=O) groups is 2. The quantitative estimate of drug-likeness (QED) is 0.639. The number of rotatable bonds is 5. The van der Waals surface area contributed by atoms with Gasteiger partial charge < -0.3 is 16.8 Å². The second-order valence-corrected chi connectivity index (χ2v) is 3.98. The fraction of sp³-hybridized carbons (Fsp3) is 0.333. The van der Waals surface area contributed by atoms with E-state index in [4.69, 9.17) is 11.5 Å². The van der Waals surface area contributed by atoms with Crippen molar-refractivity contribution in [3.05, 3.63) is 35.4 Å². The number of hydrogen-bond acceptors (Lipinski definition) is 3. The van der Waals surface area contributed by atoms with E-state index in [0.29, 0.717) is 6.42 Å². The zero-order valence-electron chi connectivity index (χ0n) is 9.77. The zero-order valence-corrected chi connectivity index (χ0v) is 9.77. The van der Waals surface area contributed by atoms with Crippen molar-refractivity contribution in [1.82, 2.24) is 5.32 Å². The second-order valence-electron chi connectivity index (χ2n) is 3.98. The van der Waals surface area contributed by atoms with Gasteiger partial charge in [-0.3, -0.25) is 9.59 Å². The molecule has 92 valence electrons. The monoisotopic (exact) mass is 235 g/mol. The molecule has 2 amide bonds. The van der Waals surface area contributed by atoms with Crippen molar-refractivity contribution >= 4 is 11.8 Å². The smallest absolute Gasteiger partial charge is 0.237 e. The lowest BCUT2D eigenvalue weighted by Gasteiger charge is -2.11. The second kappa shape index (κ2) is 6.00. The van der Waals surface area contributed by atoms with Crippen molar-refractivity contribution in [2.24, 2.45) is 11.5 Å². The van der Waals surface area contributed by atoms with Gasteiger partial charge in [0.25, 0.3) is 0 Å². The third kappa shape index (κ3) is 4.65. The Morgan fingerprint density at radius 2 is 1.88 bits per heavy atom. The number of nitrogens with two attached hydrogens (primary N) is 2. The van der Waals surface area contributed by atoms with Crippen molar-refractivity contribution in [3.63, 3.8) is 0 Å². The Labute approximate surface area is 100 Å². The van der Waals surface area contributed by atoms with Crippen LogP contribution in [0.25, 0.3) is 0 Å². The van der Waals surface area contributed by atoms with Gasteiger partial charge in [0.1, 0.15) is 0 Å². The number of benzene rings is 1. The van der Waals surface area contributed by atoms with Crippen molar-refractivity contribution in [2.45, 2.75) is 19.4 Å². The molecule has 5 N–H and O–H groups in total. The van der Waals surface area contributed by atoms with Gasteiger partial charge in [0.05, 0.1) is 12.6 Å². The summed E-state index contributed by atoms with van der Waals surface area (Å²) in [6.07, 6.45) is 0.435. The molecule has 1 rings (SSSR count). The first-order valence-corrected chi connectivity index (χ1v) is 5.36. The molecule has 17 heavy (non-hydrogen) atoms. The zero-order chi connectivity index (χ0) is 12.8. The van der Waals surface area contributed by atoms with Crippen LogP contribution in [0.3, 0.4) is 0 Å². The van der Waals surface area contributed by atoms with Crippen LogP contribution in [0.4, 0.5) is 0 Å². The number of primary amides is 1. The van der Waals surface area contributed by atoms with E-state index < -0.39 is 11.9 Å². The lowest BCUT2D eigenvalue weighted by molar-refractivity contribution is -0.125. The van der Waals surface area contributed by atoms with Crippen molar-refractivity contribution in [1.29, 1.82) is 0 Å². The number of hydrogen-bond donors (Lipinski definition) is 3. The maximum atomic E-state index is 11.5. The molecule has 0 aromatic heterocycles. The van der Waals surface area contributed by atoms with Crippen LogP contribution in [0, 0.1) is 6.92 Å². The van der Waals surface area contributed by atoms with Gasteiger partial charge in [-0.1, -0.05) is 29.8 Å². The van der Waals surface area contributed by atoms with Gasteiger partial charge in [-0.2, -0.15) is 0 Å². The van der Waals surface area contributed by atoms with Crippen molar-refractivity contribution in [3.8, 4) is 0 Å². The standard InChI is InChI=1S/C12H17N3O2/c1-8-2-4-9(5-3-8)6-10(13)12(17)15-7-11(14)16/h2-5,10H,6-7,13H2,1H3,(H2,14,16)(H,15,17)/t10-/m1/s1. The molecule has 0 unspecified atom stereocenters. The fourth-order valence-corrected chi connectivity index (χ4v) is 1.38. The molecule has 0 bridgehead atoms. The lowest BCUT2D eigenvalue weighted by Crippen LogP contribution is -2.44. The lowest BCUT2D eigenvalue weighted by atomic mass is 10.0. The highest BCUT2D eigenvalue weighted by molar-refractivity contribution is 5.86. The molecular formula is C12H17N3O2. The summed E-state index contributed by atoms with van der Waals surface area (Å²) in [5.41, 5.74) is 12.8. The predicted molar refractivity (Wildman–Crippen MR) is 65.1 cm³/mol. The van der Waals surface area contributed by atoms with Crippen LogP contribution in [0.1, 0.15) is 11.1 Å². The molecule has 1 atom stereocenters. The van der Waals surface area contributed by atoms with Crippen LogP contribution >= 0.6 is 0 Å². The molecule has 1 aromatic rings. The van der Waals surface area contributed by atoms with Gasteiger partial charge in [-0.15, -0.1) is 0 Å². The molecule has 0 fully saturated rings. The normalized spacial score (nSPS) is 11.9. The van der Waals surface area contributed by atoms with Crippen LogP contribution in [0.2, 0.25) is 0 Å². The Morgan fingerprint density at radius 1 is 1.29 bits per heavy atom. The Kier molecular flexibility index (Phi) is 4.66. The maximum Gasteiger partial charge on any atom is 0.237 e. The molecular weight excluding hydrogens is 218 g/mol. The third-order valence-corrected chi connectivity index (χ3v) is 2.35. The number of amides is 2. The van der Waals surface area contributed by atoms with E-state index in [2.05, 4.69) is 5.32 Å². The molecule has 0 saturated carbocycles. The third-order valence-electron chi connectivity index (χ3n) is 2.35. The van der Waals surface area contributed by atoms with Crippen molar-refractivity contribution < 1.29 is 9.59 Å². The predicted octanol–water partition coefficient (Wildman–Crippen LogP) is -0.534. The van der Waals surface area contributed by atoms with E-state index in [1.165, 1.54) is 0 Å². The van der Waals surface area contributed by atoms with Gasteiger partial charge in [-0.05, 0) is 18.9 Å². The minimum Gasteiger partial charge on any atom is -0.368 e. The summed E-state index contributed by atoms with van der Waals surface area (Å²) in [6, 6.07) is 7.11. The Balaban J connectivity index is 2.48. The minimum absolute atomic E-state index is 0.180. The molecule has 5 heteroatoms.